The van der Waals surface area contributed by atoms with Crippen LogP contribution in [0, 0.1) is 0 Å². The highest BCUT2D eigenvalue weighted by molar-refractivity contribution is 7.80. The van der Waals surface area contributed by atoms with Crippen LogP contribution >= 0.6 is 35.4 Å². The molecule has 0 spiro atoms. The monoisotopic (exact) mass is 389 g/mol. The van der Waals surface area contributed by atoms with Crippen molar-refractivity contribution in [1.29, 1.82) is 0 Å². The van der Waals surface area contributed by atoms with E-state index in [-0.39, 0.29) is 0 Å². The summed E-state index contributed by atoms with van der Waals surface area (Å²) in [5, 5.41) is 5.38. The normalized spacial score (nSPS) is 15.5. The van der Waals surface area contributed by atoms with Gasteiger partial charge in [-0.15, -0.1) is 0 Å². The van der Waals surface area contributed by atoms with Gasteiger partial charge in [0.2, 0.25) is 0 Å². The van der Waals surface area contributed by atoms with Gasteiger partial charge in [0.15, 0.2) is 5.11 Å². The smallest absolute Gasteiger partial charge is 0.169 e. The second kappa shape index (κ2) is 10.4. The van der Waals surface area contributed by atoms with Gasteiger partial charge in [0.05, 0.1) is 10.0 Å². The van der Waals surface area contributed by atoms with E-state index >= 15 is 0 Å². The van der Waals surface area contributed by atoms with Crippen LogP contribution in [-0.2, 0) is 11.3 Å². The fourth-order valence-corrected chi connectivity index (χ4v) is 3.24. The molecule has 1 aromatic rings. The molecule has 1 fully saturated rings. The maximum absolute atomic E-state index is 6.08. The molecule has 0 radical (unpaired) electrons. The van der Waals surface area contributed by atoms with E-state index in [1.54, 1.807) is 0 Å². The van der Waals surface area contributed by atoms with Gasteiger partial charge in [-0.1, -0.05) is 29.3 Å². The van der Waals surface area contributed by atoms with E-state index in [1.807, 2.05) is 25.1 Å². The molecular formula is C17H25Cl2N3OS. The summed E-state index contributed by atoms with van der Waals surface area (Å²) >= 11 is 17.5. The van der Waals surface area contributed by atoms with Crippen molar-refractivity contribution in [3.05, 3.63) is 33.8 Å². The van der Waals surface area contributed by atoms with Crippen LogP contribution in [-0.4, -0.2) is 60.8 Å². The molecule has 0 amide bonds. The highest BCUT2D eigenvalue weighted by Crippen LogP contribution is 2.23. The lowest BCUT2D eigenvalue weighted by Gasteiger charge is -2.36. The van der Waals surface area contributed by atoms with E-state index < -0.39 is 0 Å². The molecule has 0 aromatic heterocycles. The molecule has 1 aliphatic rings. The summed E-state index contributed by atoms with van der Waals surface area (Å²) in [5.74, 6) is 0. The fraction of sp³-hybridized carbons (Fsp3) is 0.588. The van der Waals surface area contributed by atoms with Crippen LogP contribution in [0.15, 0.2) is 18.2 Å². The summed E-state index contributed by atoms with van der Waals surface area (Å²) < 4.78 is 5.33. The molecule has 2 rings (SSSR count). The molecule has 1 N–H and O–H groups in total. The second-order valence-electron chi connectivity index (χ2n) is 5.79. The van der Waals surface area contributed by atoms with Gasteiger partial charge in [0.25, 0.3) is 0 Å². The van der Waals surface area contributed by atoms with E-state index in [4.69, 9.17) is 40.2 Å². The van der Waals surface area contributed by atoms with Crippen LogP contribution < -0.4 is 5.32 Å². The molecule has 0 saturated carbocycles. The molecule has 1 aromatic carbocycles. The number of nitrogens with zero attached hydrogens (tertiary/aromatic N) is 2. The van der Waals surface area contributed by atoms with Crippen LogP contribution in [0.4, 0.5) is 0 Å². The number of benzene rings is 1. The van der Waals surface area contributed by atoms with Crippen molar-refractivity contribution in [3.63, 3.8) is 0 Å². The molecule has 0 bridgehead atoms. The lowest BCUT2D eigenvalue weighted by Crippen LogP contribution is -2.51. The number of hydrogen-bond acceptors (Lipinski definition) is 3. The van der Waals surface area contributed by atoms with Gasteiger partial charge in [0, 0.05) is 52.5 Å². The molecule has 0 atom stereocenters. The van der Waals surface area contributed by atoms with Crippen molar-refractivity contribution in [2.45, 2.75) is 19.9 Å². The van der Waals surface area contributed by atoms with Crippen molar-refractivity contribution >= 4 is 40.5 Å². The van der Waals surface area contributed by atoms with Crippen molar-refractivity contribution in [3.8, 4) is 0 Å². The standard InChI is InChI=1S/C17H25Cl2N3OS/c1-2-23-11-3-6-20-17(24)22-9-7-21(8-10-22)13-14-4-5-15(18)16(19)12-14/h4-5,12H,2-3,6-11,13H2,1H3,(H,20,24). The van der Waals surface area contributed by atoms with Crippen molar-refractivity contribution in [2.24, 2.45) is 0 Å². The quantitative estimate of drug-likeness (QED) is 0.569. The molecule has 0 unspecified atom stereocenters. The average molecular weight is 390 g/mol. The third kappa shape index (κ3) is 6.37. The Morgan fingerprint density at radius 1 is 1.21 bits per heavy atom. The Kier molecular flexibility index (Phi) is 8.56. The molecule has 134 valence electrons. The lowest BCUT2D eigenvalue weighted by atomic mass is 10.2. The molecule has 1 saturated heterocycles. The number of halogens is 2. The van der Waals surface area contributed by atoms with E-state index in [0.717, 1.165) is 64.0 Å². The van der Waals surface area contributed by atoms with Crippen molar-refractivity contribution < 1.29 is 4.74 Å². The predicted octanol–water partition coefficient (Wildman–Crippen LogP) is 3.41. The number of piperazine rings is 1. The SMILES string of the molecule is CCOCCCNC(=S)N1CCN(Cc2ccc(Cl)c(Cl)c2)CC1. The Hall–Kier alpha value is -0.590. The first-order valence-corrected chi connectivity index (χ1v) is 9.53. The third-order valence-electron chi connectivity index (χ3n) is 4.00. The first-order chi connectivity index (χ1) is 11.6. The van der Waals surface area contributed by atoms with Gasteiger partial charge >= 0.3 is 0 Å². The van der Waals surface area contributed by atoms with Crippen LogP contribution in [0.3, 0.4) is 0 Å². The van der Waals surface area contributed by atoms with Crippen LogP contribution in [0.25, 0.3) is 0 Å². The average Bonchev–Trinajstić information content (AvgIpc) is 2.58. The number of thiocarbonyl (C=S) groups is 1. The Morgan fingerprint density at radius 2 is 1.96 bits per heavy atom. The Morgan fingerprint density at radius 3 is 2.62 bits per heavy atom. The topological polar surface area (TPSA) is 27.7 Å². The Bertz CT molecular complexity index is 537. The van der Waals surface area contributed by atoms with E-state index in [9.17, 15) is 0 Å². The summed E-state index contributed by atoms with van der Waals surface area (Å²) in [5.41, 5.74) is 1.19. The predicted molar refractivity (Wildman–Crippen MR) is 105 cm³/mol. The minimum atomic E-state index is 0.603. The molecule has 24 heavy (non-hydrogen) atoms. The summed E-state index contributed by atoms with van der Waals surface area (Å²) in [4.78, 5) is 4.65. The minimum absolute atomic E-state index is 0.603. The van der Waals surface area contributed by atoms with Crippen molar-refractivity contribution in [1.82, 2.24) is 15.1 Å². The largest absolute Gasteiger partial charge is 0.382 e. The lowest BCUT2D eigenvalue weighted by molar-refractivity contribution is 0.145. The summed E-state index contributed by atoms with van der Waals surface area (Å²) in [6.45, 7) is 9.17. The maximum atomic E-state index is 6.08. The molecule has 7 heteroatoms. The van der Waals surface area contributed by atoms with Gasteiger partial charge in [0.1, 0.15) is 0 Å². The summed E-state index contributed by atoms with van der Waals surface area (Å²) in [7, 11) is 0. The van der Waals surface area contributed by atoms with Crippen LogP contribution in [0.5, 0.6) is 0 Å². The van der Waals surface area contributed by atoms with Gasteiger partial charge in [-0.2, -0.15) is 0 Å². The van der Waals surface area contributed by atoms with Gasteiger partial charge in [-0.3, -0.25) is 4.90 Å². The maximum Gasteiger partial charge on any atom is 0.169 e. The van der Waals surface area contributed by atoms with E-state index in [1.165, 1.54) is 5.56 Å². The molecular weight excluding hydrogens is 365 g/mol. The number of nitrogens with one attached hydrogen (secondary N) is 1. The number of rotatable bonds is 7. The number of ether oxygens (including phenoxy) is 1. The Labute approximate surface area is 160 Å². The first kappa shape index (κ1) is 19.7. The van der Waals surface area contributed by atoms with E-state index in [0.29, 0.717) is 10.0 Å². The van der Waals surface area contributed by atoms with Crippen molar-refractivity contribution in [2.75, 3.05) is 45.9 Å². The van der Waals surface area contributed by atoms with Gasteiger partial charge < -0.3 is 15.0 Å². The Balaban J connectivity index is 1.69. The zero-order chi connectivity index (χ0) is 17.4. The van der Waals surface area contributed by atoms with Gasteiger partial charge in [-0.05, 0) is 43.3 Å². The first-order valence-electron chi connectivity index (χ1n) is 8.37. The van der Waals surface area contributed by atoms with E-state index in [2.05, 4.69) is 15.1 Å². The van der Waals surface area contributed by atoms with Gasteiger partial charge in [-0.25, -0.2) is 0 Å². The summed E-state index contributed by atoms with van der Waals surface area (Å²) in [6.07, 6.45) is 0.977. The molecule has 1 heterocycles. The minimum Gasteiger partial charge on any atom is -0.382 e. The highest BCUT2D eigenvalue weighted by Gasteiger charge is 2.18. The zero-order valence-electron chi connectivity index (χ0n) is 14.1. The van der Waals surface area contributed by atoms with Crippen LogP contribution in [0.1, 0.15) is 18.9 Å². The molecule has 0 aliphatic carbocycles. The highest BCUT2D eigenvalue weighted by atomic mass is 35.5. The van der Waals surface area contributed by atoms with Crippen LogP contribution in [0.2, 0.25) is 10.0 Å². The number of hydrogen-bond donors (Lipinski definition) is 1. The zero-order valence-corrected chi connectivity index (χ0v) is 16.4. The fourth-order valence-electron chi connectivity index (χ4n) is 2.63. The second-order valence-corrected chi connectivity index (χ2v) is 7.00. The third-order valence-corrected chi connectivity index (χ3v) is 5.14. The molecule has 1 aliphatic heterocycles. The molecule has 4 nitrogen and oxygen atoms in total. The summed E-state index contributed by atoms with van der Waals surface area (Å²) in [6, 6.07) is 5.84.